The molecule has 20 heavy (non-hydrogen) atoms. The first-order valence-electron chi connectivity index (χ1n) is 7.34. The van der Waals surface area contributed by atoms with Crippen LogP contribution in [-0.2, 0) is 16.0 Å². The standard InChI is InChI=1S/C13H20N4O3/c18-13(19)8-11(9-3-4-9)17-12(14-15-16-17)6-5-10-2-1-7-20-10/h9-11H,1-8H2,(H,18,19). The van der Waals surface area contributed by atoms with Crippen molar-refractivity contribution in [3.05, 3.63) is 5.82 Å². The van der Waals surface area contributed by atoms with E-state index in [1.165, 1.54) is 0 Å². The summed E-state index contributed by atoms with van der Waals surface area (Å²) in [6, 6.07) is -0.0954. The lowest BCUT2D eigenvalue weighted by molar-refractivity contribution is -0.138. The van der Waals surface area contributed by atoms with Crippen molar-refractivity contribution < 1.29 is 14.6 Å². The fourth-order valence-corrected chi connectivity index (χ4v) is 2.91. The molecule has 0 amide bonds. The van der Waals surface area contributed by atoms with E-state index in [0.717, 1.165) is 51.0 Å². The van der Waals surface area contributed by atoms with Gasteiger partial charge in [-0.05, 0) is 48.4 Å². The summed E-state index contributed by atoms with van der Waals surface area (Å²) in [5, 5.41) is 20.9. The van der Waals surface area contributed by atoms with Crippen LogP contribution in [0.4, 0.5) is 0 Å². The number of hydrogen-bond donors (Lipinski definition) is 1. The monoisotopic (exact) mass is 280 g/mol. The molecule has 2 heterocycles. The first-order chi connectivity index (χ1) is 9.74. The van der Waals surface area contributed by atoms with Crippen LogP contribution >= 0.6 is 0 Å². The van der Waals surface area contributed by atoms with E-state index < -0.39 is 5.97 Å². The Kier molecular flexibility index (Phi) is 3.95. The minimum Gasteiger partial charge on any atom is -0.481 e. The number of ether oxygens (including phenoxy) is 1. The van der Waals surface area contributed by atoms with Gasteiger partial charge in [-0.25, -0.2) is 4.68 Å². The number of hydrogen-bond acceptors (Lipinski definition) is 5. The highest BCUT2D eigenvalue weighted by Crippen LogP contribution is 2.41. The topological polar surface area (TPSA) is 90.1 Å². The summed E-state index contributed by atoms with van der Waals surface area (Å²) >= 11 is 0. The summed E-state index contributed by atoms with van der Waals surface area (Å²) in [6.45, 7) is 0.847. The Morgan fingerprint density at radius 3 is 2.95 bits per heavy atom. The maximum atomic E-state index is 11.0. The number of nitrogens with zero attached hydrogens (tertiary/aromatic N) is 4. The van der Waals surface area contributed by atoms with E-state index in [4.69, 9.17) is 9.84 Å². The zero-order chi connectivity index (χ0) is 13.9. The smallest absolute Gasteiger partial charge is 0.305 e. The first kappa shape index (κ1) is 13.5. The summed E-state index contributed by atoms with van der Waals surface area (Å²) in [5.74, 6) is 0.414. The largest absolute Gasteiger partial charge is 0.481 e. The number of aliphatic carboxylic acids is 1. The van der Waals surface area contributed by atoms with Crippen LogP contribution in [-0.4, -0.2) is 44.0 Å². The third-order valence-electron chi connectivity index (χ3n) is 4.14. The van der Waals surface area contributed by atoms with Gasteiger partial charge in [0.05, 0.1) is 18.6 Å². The van der Waals surface area contributed by atoms with Crippen LogP contribution in [0.2, 0.25) is 0 Å². The van der Waals surface area contributed by atoms with Gasteiger partial charge in [0.25, 0.3) is 0 Å². The van der Waals surface area contributed by atoms with Gasteiger partial charge in [0.1, 0.15) is 0 Å². The Labute approximate surface area is 117 Å². The number of carbonyl (C=O) groups is 1. The van der Waals surface area contributed by atoms with E-state index >= 15 is 0 Å². The Morgan fingerprint density at radius 1 is 1.45 bits per heavy atom. The maximum absolute atomic E-state index is 11.0. The van der Waals surface area contributed by atoms with Crippen molar-refractivity contribution in [3.63, 3.8) is 0 Å². The highest BCUT2D eigenvalue weighted by atomic mass is 16.5. The van der Waals surface area contributed by atoms with Gasteiger partial charge in [-0.3, -0.25) is 4.79 Å². The van der Waals surface area contributed by atoms with Crippen molar-refractivity contribution in [3.8, 4) is 0 Å². The third-order valence-corrected chi connectivity index (χ3v) is 4.14. The van der Waals surface area contributed by atoms with Gasteiger partial charge in [0.15, 0.2) is 5.82 Å². The molecule has 2 aliphatic rings. The first-order valence-corrected chi connectivity index (χ1v) is 7.34. The van der Waals surface area contributed by atoms with Crippen LogP contribution in [0, 0.1) is 5.92 Å². The molecular weight excluding hydrogens is 260 g/mol. The van der Waals surface area contributed by atoms with Gasteiger partial charge in [-0.15, -0.1) is 5.10 Å². The zero-order valence-electron chi connectivity index (χ0n) is 11.4. The fraction of sp³-hybridized carbons (Fsp3) is 0.846. The van der Waals surface area contributed by atoms with Crippen LogP contribution in [0.25, 0.3) is 0 Å². The van der Waals surface area contributed by atoms with Crippen LogP contribution in [0.3, 0.4) is 0 Å². The Morgan fingerprint density at radius 2 is 2.30 bits per heavy atom. The van der Waals surface area contributed by atoms with Crippen molar-refractivity contribution in [2.24, 2.45) is 5.92 Å². The molecule has 7 nitrogen and oxygen atoms in total. The number of aromatic nitrogens is 4. The molecule has 110 valence electrons. The predicted molar refractivity (Wildman–Crippen MR) is 69.1 cm³/mol. The minimum absolute atomic E-state index is 0.0954. The van der Waals surface area contributed by atoms with E-state index in [1.807, 2.05) is 0 Å². The molecule has 0 radical (unpaired) electrons. The number of aryl methyl sites for hydroxylation is 1. The van der Waals surface area contributed by atoms with E-state index in [9.17, 15) is 4.79 Å². The molecule has 2 unspecified atom stereocenters. The molecule has 2 atom stereocenters. The van der Waals surface area contributed by atoms with Gasteiger partial charge >= 0.3 is 5.97 Å². The van der Waals surface area contributed by atoms with Crippen LogP contribution in [0.1, 0.15) is 50.4 Å². The lowest BCUT2D eigenvalue weighted by atomic mass is 10.1. The van der Waals surface area contributed by atoms with E-state index in [1.54, 1.807) is 4.68 Å². The van der Waals surface area contributed by atoms with Crippen molar-refractivity contribution in [1.82, 2.24) is 20.2 Å². The molecule has 0 aromatic carbocycles. The quantitative estimate of drug-likeness (QED) is 0.807. The Balaban J connectivity index is 1.65. The second kappa shape index (κ2) is 5.87. The summed E-state index contributed by atoms with van der Waals surface area (Å²) in [5.41, 5.74) is 0. The molecule has 1 aliphatic carbocycles. The molecule has 1 saturated heterocycles. The normalized spacial score (nSPS) is 23.9. The molecule has 0 bridgehead atoms. The maximum Gasteiger partial charge on any atom is 0.305 e. The second-order valence-electron chi connectivity index (χ2n) is 5.72. The SMILES string of the molecule is O=C(O)CC(C1CC1)n1nnnc1CCC1CCCO1. The number of tetrazole rings is 1. The van der Waals surface area contributed by atoms with Crippen molar-refractivity contribution >= 4 is 5.97 Å². The molecule has 1 aromatic rings. The number of rotatable bonds is 7. The third kappa shape index (κ3) is 3.15. The number of carboxylic acid groups (broad SMARTS) is 1. The second-order valence-corrected chi connectivity index (χ2v) is 5.72. The van der Waals surface area contributed by atoms with Crippen LogP contribution in [0.5, 0.6) is 0 Å². The zero-order valence-corrected chi connectivity index (χ0v) is 11.4. The summed E-state index contributed by atoms with van der Waals surface area (Å²) in [4.78, 5) is 11.0. The molecule has 2 fully saturated rings. The van der Waals surface area contributed by atoms with Crippen molar-refractivity contribution in [1.29, 1.82) is 0 Å². The molecule has 0 spiro atoms. The van der Waals surface area contributed by atoms with Gasteiger partial charge < -0.3 is 9.84 Å². The summed E-state index contributed by atoms with van der Waals surface area (Å²) < 4.78 is 7.34. The molecule has 7 heteroatoms. The van der Waals surface area contributed by atoms with Gasteiger partial charge in [-0.2, -0.15) is 0 Å². The highest BCUT2D eigenvalue weighted by molar-refractivity contribution is 5.67. The summed E-state index contributed by atoms with van der Waals surface area (Å²) in [6.07, 6.45) is 6.43. The predicted octanol–water partition coefficient (Wildman–Crippen LogP) is 1.21. The number of carboxylic acids is 1. The van der Waals surface area contributed by atoms with Crippen molar-refractivity contribution in [2.45, 2.75) is 57.1 Å². The van der Waals surface area contributed by atoms with Gasteiger partial charge in [0, 0.05) is 13.0 Å². The van der Waals surface area contributed by atoms with E-state index in [-0.39, 0.29) is 12.5 Å². The van der Waals surface area contributed by atoms with Gasteiger partial charge in [0.2, 0.25) is 0 Å². The molecule has 3 rings (SSSR count). The molecule has 1 aliphatic heterocycles. The highest BCUT2D eigenvalue weighted by Gasteiger charge is 2.36. The Bertz CT molecular complexity index is 466. The molecular formula is C13H20N4O3. The molecule has 1 saturated carbocycles. The van der Waals surface area contributed by atoms with E-state index in [2.05, 4.69) is 15.5 Å². The lowest BCUT2D eigenvalue weighted by Gasteiger charge is -2.16. The molecule has 1 N–H and O–H groups in total. The minimum atomic E-state index is -0.789. The molecule has 1 aromatic heterocycles. The van der Waals surface area contributed by atoms with Crippen LogP contribution < -0.4 is 0 Å². The Hall–Kier alpha value is -1.50. The fourth-order valence-electron chi connectivity index (χ4n) is 2.91. The van der Waals surface area contributed by atoms with Gasteiger partial charge in [-0.1, -0.05) is 0 Å². The average Bonchev–Trinajstić information content (AvgIpc) is 2.94. The average molecular weight is 280 g/mol. The summed E-state index contributed by atoms with van der Waals surface area (Å²) in [7, 11) is 0. The lowest BCUT2D eigenvalue weighted by Crippen LogP contribution is -2.20. The van der Waals surface area contributed by atoms with Crippen LogP contribution in [0.15, 0.2) is 0 Å². The van der Waals surface area contributed by atoms with Crippen molar-refractivity contribution in [2.75, 3.05) is 6.61 Å². The van der Waals surface area contributed by atoms with E-state index in [0.29, 0.717) is 12.0 Å².